The maximum absolute atomic E-state index is 12.0. The van der Waals surface area contributed by atoms with Gasteiger partial charge in [-0.25, -0.2) is 14.8 Å². The van der Waals surface area contributed by atoms with Crippen molar-refractivity contribution >= 4 is 11.9 Å². The first-order chi connectivity index (χ1) is 20.5. The highest BCUT2D eigenvalue weighted by Crippen LogP contribution is 2.23. The molecule has 4 rings (SSSR count). The largest absolute Gasteiger partial charge is 0.489 e. The normalized spacial score (nSPS) is 12.3. The van der Waals surface area contributed by atoms with Gasteiger partial charge in [0.2, 0.25) is 5.88 Å². The average Bonchev–Trinajstić information content (AvgIpc) is 3.03. The van der Waals surface area contributed by atoms with Crippen LogP contribution in [0.3, 0.4) is 0 Å². The van der Waals surface area contributed by atoms with Crippen LogP contribution in [0.25, 0.3) is 0 Å². The van der Waals surface area contributed by atoms with Gasteiger partial charge in [-0.2, -0.15) is 0 Å². The smallest absolute Gasteiger partial charge is 0.413 e. The van der Waals surface area contributed by atoms with E-state index in [1.165, 1.54) is 6.20 Å². The molecule has 2 aromatic heterocycles. The van der Waals surface area contributed by atoms with Crippen molar-refractivity contribution in [2.75, 3.05) is 25.1 Å². The second-order valence-corrected chi connectivity index (χ2v) is 9.39. The minimum atomic E-state index is -0.834. The van der Waals surface area contributed by atoms with E-state index in [2.05, 4.69) is 20.6 Å². The van der Waals surface area contributed by atoms with Gasteiger partial charge in [-0.15, -0.1) is 0 Å². The van der Waals surface area contributed by atoms with Gasteiger partial charge in [0, 0.05) is 24.3 Å². The Kier molecular flexibility index (Phi) is 11.6. The maximum Gasteiger partial charge on any atom is 0.413 e. The Morgan fingerprint density at radius 3 is 2.38 bits per heavy atom. The molecule has 220 valence electrons. The number of carbonyl (C=O) groups is 1. The predicted octanol–water partition coefficient (Wildman–Crippen LogP) is 3.44. The van der Waals surface area contributed by atoms with Gasteiger partial charge in [0.15, 0.2) is 0 Å². The molecule has 1 unspecified atom stereocenters. The Morgan fingerprint density at radius 1 is 0.881 bits per heavy atom. The van der Waals surface area contributed by atoms with E-state index in [1.807, 2.05) is 42.5 Å². The Labute approximate surface area is 243 Å². The topological polar surface area (TPSA) is 155 Å². The van der Waals surface area contributed by atoms with Crippen LogP contribution in [-0.4, -0.2) is 63.3 Å². The molecule has 0 aliphatic heterocycles. The van der Waals surface area contributed by atoms with Crippen molar-refractivity contribution in [3.63, 3.8) is 0 Å². The summed E-state index contributed by atoms with van der Waals surface area (Å²) in [5.74, 6) is 1.66. The van der Waals surface area contributed by atoms with Crippen LogP contribution in [0.2, 0.25) is 0 Å². The molecule has 0 saturated carbocycles. The molecule has 0 fully saturated rings. The third-order valence-corrected chi connectivity index (χ3v) is 6.12. The van der Waals surface area contributed by atoms with Gasteiger partial charge >= 0.3 is 6.09 Å². The molecule has 5 N–H and O–H groups in total. The number of pyridine rings is 2. The molecule has 11 heteroatoms. The summed E-state index contributed by atoms with van der Waals surface area (Å²) in [4.78, 5) is 20.3. The number of benzene rings is 2. The molecule has 2 heterocycles. The molecule has 0 aliphatic carbocycles. The number of hydrogen-bond acceptors (Lipinski definition) is 10. The summed E-state index contributed by atoms with van der Waals surface area (Å²) < 4.78 is 16.5. The predicted molar refractivity (Wildman–Crippen MR) is 155 cm³/mol. The number of aliphatic hydroxyl groups is 3. The Bertz CT molecular complexity index is 1370. The number of nitrogens with one attached hydrogen (secondary N) is 2. The first-order valence-electron chi connectivity index (χ1n) is 13.4. The number of aliphatic hydroxyl groups excluding tert-OH is 3. The van der Waals surface area contributed by atoms with Crippen molar-refractivity contribution < 1.29 is 34.3 Å². The number of aromatic nitrogens is 2. The van der Waals surface area contributed by atoms with Crippen LogP contribution in [0.1, 0.15) is 16.7 Å². The quantitative estimate of drug-likeness (QED) is 0.143. The lowest BCUT2D eigenvalue weighted by Crippen LogP contribution is -2.41. The number of amides is 1. The molecule has 2 aromatic carbocycles. The van der Waals surface area contributed by atoms with Crippen molar-refractivity contribution in [3.05, 3.63) is 108 Å². The van der Waals surface area contributed by atoms with E-state index in [0.29, 0.717) is 35.2 Å². The first-order valence-corrected chi connectivity index (χ1v) is 13.4. The van der Waals surface area contributed by atoms with Crippen molar-refractivity contribution in [1.29, 1.82) is 0 Å². The van der Waals surface area contributed by atoms with Crippen molar-refractivity contribution in [2.45, 2.75) is 31.8 Å². The molecular formula is C31H34N4O7. The fraction of sp³-hybridized carbons (Fsp3) is 0.258. The van der Waals surface area contributed by atoms with Crippen LogP contribution in [0.4, 0.5) is 10.6 Å². The molecule has 1 amide bonds. The average molecular weight is 575 g/mol. The summed E-state index contributed by atoms with van der Waals surface area (Å²) in [5.41, 5.74) is 2.44. The first kappa shape index (κ1) is 30.4. The van der Waals surface area contributed by atoms with Gasteiger partial charge in [0.1, 0.15) is 36.6 Å². The van der Waals surface area contributed by atoms with Crippen molar-refractivity contribution in [3.8, 4) is 17.4 Å². The van der Waals surface area contributed by atoms with Crippen molar-refractivity contribution in [1.82, 2.24) is 15.3 Å². The monoisotopic (exact) mass is 574 g/mol. The molecule has 42 heavy (non-hydrogen) atoms. The van der Waals surface area contributed by atoms with Crippen LogP contribution < -0.4 is 20.1 Å². The number of anilines is 1. The van der Waals surface area contributed by atoms with Gasteiger partial charge in [0.05, 0.1) is 19.4 Å². The summed E-state index contributed by atoms with van der Waals surface area (Å²) >= 11 is 0. The van der Waals surface area contributed by atoms with E-state index in [1.54, 1.807) is 42.6 Å². The maximum atomic E-state index is 12.0. The standard InChI is InChI=1S/C31H34N4O7/c36-18-24-7-4-14-32-30(24)42-27-10-8-22(9-11-27)15-25(19-37)33-16-26(38)21-40-28-12-13-29(34-17-28)35-31(39)41-20-23-5-2-1-3-6-23/h1-14,17,25-26,33,36-38H,15-16,18-21H2,(H,34,35,39)/t25?,26-/m1/s1. The van der Waals surface area contributed by atoms with Crippen LogP contribution in [0.5, 0.6) is 17.4 Å². The Morgan fingerprint density at radius 2 is 1.67 bits per heavy atom. The van der Waals surface area contributed by atoms with Gasteiger partial charge in [-0.1, -0.05) is 42.5 Å². The number of carbonyl (C=O) groups excluding carboxylic acids is 1. The minimum absolute atomic E-state index is 0.00804. The second-order valence-electron chi connectivity index (χ2n) is 9.39. The molecule has 0 radical (unpaired) electrons. The van der Waals surface area contributed by atoms with Crippen LogP contribution in [0, 0.1) is 0 Å². The summed E-state index contributed by atoms with van der Waals surface area (Å²) in [6.45, 7) is 0.0739. The molecule has 2 atom stereocenters. The van der Waals surface area contributed by atoms with Crippen LogP contribution in [-0.2, 0) is 24.4 Å². The van der Waals surface area contributed by atoms with Crippen LogP contribution in [0.15, 0.2) is 91.3 Å². The van der Waals surface area contributed by atoms with E-state index in [9.17, 15) is 20.1 Å². The third-order valence-electron chi connectivity index (χ3n) is 6.12. The SMILES string of the molecule is O=C(Nc1ccc(OC[C@H](O)CNC(CO)Cc2ccc(Oc3ncccc3CO)cc2)cn1)OCc1ccccc1. The minimum Gasteiger partial charge on any atom is -0.489 e. The van der Waals surface area contributed by atoms with E-state index in [-0.39, 0.29) is 39.0 Å². The van der Waals surface area contributed by atoms with Gasteiger partial charge in [0.25, 0.3) is 0 Å². The molecule has 0 spiro atoms. The summed E-state index contributed by atoms with van der Waals surface area (Å²) in [5, 5.41) is 35.3. The number of rotatable bonds is 15. The summed E-state index contributed by atoms with van der Waals surface area (Å²) in [6.07, 6.45) is 2.11. The van der Waals surface area contributed by atoms with Gasteiger partial charge < -0.3 is 34.8 Å². The van der Waals surface area contributed by atoms with Gasteiger partial charge in [-0.05, 0) is 53.9 Å². The zero-order valence-electron chi connectivity index (χ0n) is 22.9. The van der Waals surface area contributed by atoms with E-state index in [0.717, 1.165) is 11.1 Å². The van der Waals surface area contributed by atoms with Crippen molar-refractivity contribution in [2.24, 2.45) is 0 Å². The fourth-order valence-corrected chi connectivity index (χ4v) is 3.88. The molecule has 4 aromatic rings. The number of ether oxygens (including phenoxy) is 3. The third kappa shape index (κ3) is 9.82. The lowest BCUT2D eigenvalue weighted by molar-refractivity contribution is 0.0996. The highest BCUT2D eigenvalue weighted by Gasteiger charge is 2.13. The molecule has 0 saturated heterocycles. The lowest BCUT2D eigenvalue weighted by atomic mass is 10.1. The highest BCUT2D eigenvalue weighted by molar-refractivity contribution is 5.83. The van der Waals surface area contributed by atoms with E-state index >= 15 is 0 Å². The molecule has 11 nitrogen and oxygen atoms in total. The lowest BCUT2D eigenvalue weighted by Gasteiger charge is -2.19. The number of hydrogen-bond donors (Lipinski definition) is 5. The summed E-state index contributed by atoms with van der Waals surface area (Å²) in [6, 6.07) is 23.1. The molecule has 0 bridgehead atoms. The highest BCUT2D eigenvalue weighted by atomic mass is 16.5. The van der Waals surface area contributed by atoms with E-state index < -0.39 is 12.2 Å². The zero-order valence-corrected chi connectivity index (χ0v) is 22.9. The summed E-state index contributed by atoms with van der Waals surface area (Å²) in [7, 11) is 0. The Hall–Kier alpha value is -4.55. The van der Waals surface area contributed by atoms with Gasteiger partial charge in [-0.3, -0.25) is 5.32 Å². The second kappa shape index (κ2) is 16.0. The van der Waals surface area contributed by atoms with E-state index in [4.69, 9.17) is 14.2 Å². The molecular weight excluding hydrogens is 540 g/mol. The number of nitrogens with zero attached hydrogens (tertiary/aromatic N) is 2. The fourth-order valence-electron chi connectivity index (χ4n) is 3.88. The Balaban J connectivity index is 1.15. The zero-order chi connectivity index (χ0) is 29.6. The molecule has 0 aliphatic rings. The van der Waals surface area contributed by atoms with Crippen LogP contribution >= 0.6 is 0 Å².